The number of aliphatic imine (C=N–C) groups is 1. The van der Waals surface area contributed by atoms with Gasteiger partial charge in [0.15, 0.2) is 15.8 Å². The summed E-state index contributed by atoms with van der Waals surface area (Å²) in [6, 6.07) is 8.70. The first-order valence-corrected chi connectivity index (χ1v) is 10.7. The van der Waals surface area contributed by atoms with Crippen molar-refractivity contribution in [3.8, 4) is 0 Å². The Balaban J connectivity index is 0.00000243. The molecule has 3 rings (SSSR count). The van der Waals surface area contributed by atoms with E-state index in [0.717, 1.165) is 12.5 Å². The summed E-state index contributed by atoms with van der Waals surface area (Å²) in [7, 11) is -1.26. The molecule has 1 atom stereocenters. The summed E-state index contributed by atoms with van der Waals surface area (Å²) in [5.41, 5.74) is 2.90. The average molecular weight is 491 g/mol. The number of halogens is 1. The molecule has 1 aliphatic heterocycles. The maximum atomic E-state index is 12.2. The molecule has 1 fully saturated rings. The largest absolute Gasteiger partial charge is 0.356 e. The van der Waals surface area contributed by atoms with Crippen LogP contribution in [0, 0.1) is 0 Å². The molecular weight excluding hydrogens is 461 g/mol. The summed E-state index contributed by atoms with van der Waals surface area (Å²) in [4.78, 5) is 6.48. The molecule has 26 heavy (non-hydrogen) atoms. The van der Waals surface area contributed by atoms with Crippen molar-refractivity contribution in [2.75, 3.05) is 32.4 Å². The maximum absolute atomic E-state index is 12.2. The minimum absolute atomic E-state index is 0. The number of nitrogens with zero attached hydrogens (tertiary/aromatic N) is 2. The zero-order valence-corrected chi connectivity index (χ0v) is 19.0. The van der Waals surface area contributed by atoms with Crippen LogP contribution in [0.25, 0.3) is 0 Å². The van der Waals surface area contributed by atoms with Gasteiger partial charge in [0.2, 0.25) is 0 Å². The van der Waals surface area contributed by atoms with Crippen LogP contribution in [0.4, 0.5) is 0 Å². The molecule has 0 radical (unpaired) electrons. The predicted molar refractivity (Wildman–Crippen MR) is 118 cm³/mol. The highest BCUT2D eigenvalue weighted by atomic mass is 127. The second kappa shape index (κ2) is 8.46. The van der Waals surface area contributed by atoms with Gasteiger partial charge in [0.25, 0.3) is 0 Å². The zero-order chi connectivity index (χ0) is 18.1. The summed E-state index contributed by atoms with van der Waals surface area (Å²) in [5.74, 6) is 1.49. The van der Waals surface area contributed by atoms with Crippen LogP contribution >= 0.6 is 24.0 Å². The number of hydrogen-bond acceptors (Lipinski definition) is 3. The Morgan fingerprint density at radius 2 is 2.08 bits per heavy atom. The average Bonchev–Trinajstić information content (AvgIpc) is 2.58. The van der Waals surface area contributed by atoms with E-state index in [-0.39, 0.29) is 29.7 Å². The molecule has 1 saturated heterocycles. The Labute approximate surface area is 174 Å². The van der Waals surface area contributed by atoms with Crippen LogP contribution in [0.2, 0.25) is 0 Å². The summed E-state index contributed by atoms with van der Waals surface area (Å²) < 4.78 is 23.7. The maximum Gasteiger partial charge on any atom is 0.193 e. The first-order chi connectivity index (χ1) is 11.8. The van der Waals surface area contributed by atoms with Crippen LogP contribution in [0.15, 0.2) is 29.3 Å². The van der Waals surface area contributed by atoms with Gasteiger partial charge in [-0.15, -0.1) is 24.0 Å². The quantitative estimate of drug-likeness (QED) is 0.393. The number of hydrogen-bond donors (Lipinski definition) is 1. The topological polar surface area (TPSA) is 61.8 Å². The van der Waals surface area contributed by atoms with Gasteiger partial charge in [-0.3, -0.25) is 4.99 Å². The fourth-order valence-electron chi connectivity index (χ4n) is 3.94. The molecule has 7 heteroatoms. The lowest BCUT2D eigenvalue weighted by Crippen LogP contribution is -2.57. The molecule has 5 nitrogen and oxygen atoms in total. The number of aryl methyl sites for hydroxylation is 1. The lowest BCUT2D eigenvalue weighted by molar-refractivity contribution is 0.351. The molecule has 146 valence electrons. The molecule has 1 aromatic carbocycles. The van der Waals surface area contributed by atoms with Crippen molar-refractivity contribution in [3.63, 3.8) is 0 Å². The van der Waals surface area contributed by atoms with E-state index < -0.39 is 14.6 Å². The molecular formula is C19H30IN3O2S. The van der Waals surface area contributed by atoms with Crippen molar-refractivity contribution in [3.05, 3.63) is 35.4 Å². The van der Waals surface area contributed by atoms with Gasteiger partial charge >= 0.3 is 0 Å². The Morgan fingerprint density at radius 1 is 1.35 bits per heavy atom. The molecule has 0 amide bonds. The van der Waals surface area contributed by atoms with E-state index in [9.17, 15) is 8.42 Å². The molecule has 0 saturated carbocycles. The Kier molecular flexibility index (Phi) is 6.98. The van der Waals surface area contributed by atoms with E-state index in [1.165, 1.54) is 30.4 Å². The Hall–Kier alpha value is -0.830. The first-order valence-electron chi connectivity index (χ1n) is 9.10. The van der Waals surface area contributed by atoms with Gasteiger partial charge in [-0.05, 0) is 44.2 Å². The third kappa shape index (κ3) is 4.35. The number of sulfone groups is 1. The predicted octanol–water partition coefficient (Wildman–Crippen LogP) is 2.81. The number of nitrogens with one attached hydrogen (secondary N) is 1. The van der Waals surface area contributed by atoms with Gasteiger partial charge in [-0.25, -0.2) is 8.42 Å². The number of guanidine groups is 1. The molecule has 1 heterocycles. The minimum atomic E-state index is -3.04. The fourth-order valence-corrected chi connectivity index (χ4v) is 5.30. The van der Waals surface area contributed by atoms with Crippen LogP contribution < -0.4 is 5.32 Å². The van der Waals surface area contributed by atoms with Gasteiger partial charge < -0.3 is 10.2 Å². The summed E-state index contributed by atoms with van der Waals surface area (Å²) >= 11 is 0. The van der Waals surface area contributed by atoms with Crippen LogP contribution in [-0.2, 0) is 16.3 Å². The summed E-state index contributed by atoms with van der Waals surface area (Å²) in [5, 5.41) is 3.50. The highest BCUT2D eigenvalue weighted by molar-refractivity contribution is 14.0. The smallest absolute Gasteiger partial charge is 0.193 e. The second-order valence-corrected chi connectivity index (χ2v) is 10.5. The van der Waals surface area contributed by atoms with Crippen molar-refractivity contribution < 1.29 is 8.42 Å². The minimum Gasteiger partial charge on any atom is -0.356 e. The van der Waals surface area contributed by atoms with Crippen LogP contribution in [0.3, 0.4) is 0 Å². The van der Waals surface area contributed by atoms with E-state index in [2.05, 4.69) is 39.5 Å². The third-order valence-corrected chi connectivity index (χ3v) is 8.09. The molecule has 0 spiro atoms. The molecule has 1 unspecified atom stereocenters. The zero-order valence-electron chi connectivity index (χ0n) is 15.9. The normalized spacial score (nSPS) is 24.3. The number of rotatable bonds is 2. The van der Waals surface area contributed by atoms with Crippen molar-refractivity contribution in [1.82, 2.24) is 10.2 Å². The second-order valence-electron chi connectivity index (χ2n) is 7.72. The van der Waals surface area contributed by atoms with Crippen LogP contribution in [-0.4, -0.2) is 56.5 Å². The van der Waals surface area contributed by atoms with Crippen molar-refractivity contribution in [2.24, 2.45) is 4.99 Å². The van der Waals surface area contributed by atoms with Crippen molar-refractivity contribution in [2.45, 2.75) is 43.8 Å². The van der Waals surface area contributed by atoms with E-state index in [0.29, 0.717) is 19.0 Å². The summed E-state index contributed by atoms with van der Waals surface area (Å²) in [6.07, 6.45) is 3.57. The fraction of sp³-hybridized carbons (Fsp3) is 0.632. The van der Waals surface area contributed by atoms with Gasteiger partial charge in [-0.1, -0.05) is 24.3 Å². The van der Waals surface area contributed by atoms with Crippen LogP contribution in [0.5, 0.6) is 0 Å². The van der Waals surface area contributed by atoms with Gasteiger partial charge in [-0.2, -0.15) is 0 Å². The van der Waals surface area contributed by atoms with E-state index in [4.69, 9.17) is 0 Å². The Morgan fingerprint density at radius 3 is 2.77 bits per heavy atom. The molecule has 1 N–H and O–H groups in total. The molecule has 0 aromatic heterocycles. The first kappa shape index (κ1) is 21.5. The number of benzene rings is 1. The van der Waals surface area contributed by atoms with E-state index in [1.54, 1.807) is 20.9 Å². The van der Waals surface area contributed by atoms with Gasteiger partial charge in [0.1, 0.15) is 0 Å². The molecule has 0 bridgehead atoms. The van der Waals surface area contributed by atoms with Crippen LogP contribution in [0.1, 0.15) is 43.7 Å². The third-order valence-electron chi connectivity index (χ3n) is 5.56. The highest BCUT2D eigenvalue weighted by Gasteiger charge is 2.41. The van der Waals surface area contributed by atoms with Gasteiger partial charge in [0, 0.05) is 32.6 Å². The van der Waals surface area contributed by atoms with Crippen molar-refractivity contribution in [1.29, 1.82) is 0 Å². The highest BCUT2D eigenvalue weighted by Crippen LogP contribution is 2.31. The van der Waals surface area contributed by atoms with Gasteiger partial charge in [0.05, 0.1) is 10.5 Å². The van der Waals surface area contributed by atoms with E-state index >= 15 is 0 Å². The van der Waals surface area contributed by atoms with Crippen molar-refractivity contribution >= 4 is 39.8 Å². The SMILES string of the molecule is CN=C(NCC1CCCc2ccccc21)N1CCS(=O)(=O)C(C)(C)C1.I. The Bertz CT molecular complexity index is 762. The standard InChI is InChI=1S/C19H29N3O2S.HI/c1-19(2)14-22(11-12-25(19,23)24)18(20-3)21-13-16-9-6-8-15-7-4-5-10-17(15)16;/h4-5,7,10,16H,6,8-9,11-14H2,1-3H3,(H,20,21);1H. The lowest BCUT2D eigenvalue weighted by Gasteiger charge is -2.39. The van der Waals surface area contributed by atoms with E-state index in [1.807, 2.05) is 0 Å². The molecule has 2 aliphatic rings. The monoisotopic (exact) mass is 491 g/mol. The molecule has 1 aliphatic carbocycles. The number of fused-ring (bicyclic) bond motifs is 1. The molecule has 1 aromatic rings. The lowest BCUT2D eigenvalue weighted by atomic mass is 9.83. The summed E-state index contributed by atoms with van der Waals surface area (Å²) in [6.45, 7) is 5.44.